The first-order valence-corrected chi connectivity index (χ1v) is 10.7. The molecule has 9 nitrogen and oxygen atoms in total. The highest BCUT2D eigenvalue weighted by Gasteiger charge is 2.42. The summed E-state index contributed by atoms with van der Waals surface area (Å²) in [6.07, 6.45) is 5.72. The smallest absolute Gasteiger partial charge is 0.335 e. The van der Waals surface area contributed by atoms with Crippen molar-refractivity contribution in [3.63, 3.8) is 0 Å². The molecule has 0 unspecified atom stereocenters. The van der Waals surface area contributed by atoms with Crippen LogP contribution in [0.15, 0.2) is 52.4 Å². The number of benzene rings is 2. The number of nitrogens with two attached hydrogens (primary N) is 2. The minimum atomic E-state index is -0.957. The Morgan fingerprint density at radius 2 is 1.84 bits per heavy atom. The van der Waals surface area contributed by atoms with Gasteiger partial charge in [0.2, 0.25) is 11.9 Å². The van der Waals surface area contributed by atoms with Gasteiger partial charge in [0.05, 0.1) is 16.6 Å². The number of anilines is 1. The number of carboxylic acids is 1. The molecule has 164 valence electrons. The number of aromatic amines is 1. The van der Waals surface area contributed by atoms with Crippen LogP contribution >= 0.6 is 0 Å². The van der Waals surface area contributed by atoms with Gasteiger partial charge in [-0.05, 0) is 61.6 Å². The van der Waals surface area contributed by atoms with Crippen LogP contribution in [0.2, 0.25) is 0 Å². The summed E-state index contributed by atoms with van der Waals surface area (Å²) in [5.41, 5.74) is 15.5. The molecule has 0 atom stereocenters. The molecule has 32 heavy (non-hydrogen) atoms. The van der Waals surface area contributed by atoms with E-state index in [4.69, 9.17) is 16.5 Å². The van der Waals surface area contributed by atoms with E-state index in [1.165, 1.54) is 6.42 Å². The monoisotopic (exact) mass is 431 g/mol. The van der Waals surface area contributed by atoms with Crippen LogP contribution in [0.5, 0.6) is 0 Å². The normalized spacial score (nSPS) is 17.9. The van der Waals surface area contributed by atoms with Crippen LogP contribution in [0.25, 0.3) is 11.0 Å². The fourth-order valence-corrected chi connectivity index (χ4v) is 4.73. The summed E-state index contributed by atoms with van der Waals surface area (Å²) in [7, 11) is 0. The number of rotatable bonds is 4. The van der Waals surface area contributed by atoms with Crippen LogP contribution in [0.1, 0.15) is 53.8 Å². The Balaban J connectivity index is 1.40. The Morgan fingerprint density at radius 1 is 1.09 bits per heavy atom. The van der Waals surface area contributed by atoms with Gasteiger partial charge in [-0.1, -0.05) is 18.6 Å². The molecule has 2 heterocycles. The molecule has 0 saturated heterocycles. The van der Waals surface area contributed by atoms with Gasteiger partial charge in [0.15, 0.2) is 0 Å². The van der Waals surface area contributed by atoms with Crippen LogP contribution in [-0.4, -0.2) is 38.6 Å². The number of H-pyrrole nitrogens is 1. The van der Waals surface area contributed by atoms with Crippen molar-refractivity contribution in [2.45, 2.75) is 44.2 Å². The van der Waals surface area contributed by atoms with Gasteiger partial charge in [-0.3, -0.25) is 4.90 Å². The third kappa shape index (κ3) is 3.55. The number of aromatic nitrogens is 2. The molecule has 0 radical (unpaired) electrons. The lowest BCUT2D eigenvalue weighted by molar-refractivity contribution is 0.0697. The molecule has 1 aromatic heterocycles. The Morgan fingerprint density at radius 3 is 2.56 bits per heavy atom. The second kappa shape index (κ2) is 7.67. The quantitative estimate of drug-likeness (QED) is 0.499. The maximum absolute atomic E-state index is 11.2. The molecule has 3 aromatic rings. The first kappa shape index (κ1) is 20.0. The third-order valence-corrected chi connectivity index (χ3v) is 6.20. The van der Waals surface area contributed by atoms with Gasteiger partial charge in [-0.15, -0.1) is 0 Å². The van der Waals surface area contributed by atoms with Crippen LogP contribution in [0, 0.1) is 0 Å². The lowest BCUT2D eigenvalue weighted by Gasteiger charge is -2.45. The molecule has 1 spiro atoms. The standard InChI is InChI=1S/C23H25N7O2/c24-21-28-22(25)30(23(29-21)10-2-1-3-11-23)16-7-4-14(5-8-16)12-19-26-17-9-6-15(20(31)32)13-18(17)27-19/h4-9,13H,1-3,10-12H2,(H,26,27)(H,31,32)(H4,24,25,28,29). The lowest BCUT2D eigenvalue weighted by Crippen LogP contribution is -2.58. The predicted molar refractivity (Wildman–Crippen MR) is 124 cm³/mol. The van der Waals surface area contributed by atoms with Crippen molar-refractivity contribution in [1.82, 2.24) is 9.97 Å². The number of nitrogens with one attached hydrogen (secondary N) is 1. The number of imidazole rings is 1. The molecule has 1 fully saturated rings. The zero-order valence-corrected chi connectivity index (χ0v) is 17.6. The fraction of sp³-hybridized carbons (Fsp3) is 0.304. The van der Waals surface area contributed by atoms with E-state index >= 15 is 0 Å². The van der Waals surface area contributed by atoms with Gasteiger partial charge < -0.3 is 21.6 Å². The molecule has 5 rings (SSSR count). The van der Waals surface area contributed by atoms with E-state index in [0.29, 0.717) is 17.9 Å². The van der Waals surface area contributed by atoms with Crippen LogP contribution < -0.4 is 16.4 Å². The molecule has 1 saturated carbocycles. The number of guanidine groups is 2. The zero-order chi connectivity index (χ0) is 22.3. The Hall–Kier alpha value is -3.88. The van der Waals surface area contributed by atoms with Crippen LogP contribution in [-0.2, 0) is 6.42 Å². The number of hydrogen-bond donors (Lipinski definition) is 4. The van der Waals surface area contributed by atoms with E-state index < -0.39 is 11.6 Å². The average molecular weight is 432 g/mol. The van der Waals surface area contributed by atoms with Gasteiger partial charge in [0.1, 0.15) is 11.5 Å². The molecular formula is C23H25N7O2. The highest BCUT2D eigenvalue weighted by molar-refractivity contribution is 6.05. The SMILES string of the molecule is NC1=NC2(CCCCC2)N(c2ccc(Cc3nc4ccc(C(=O)O)cc4[nH]3)cc2)C(N)=N1. The van der Waals surface area contributed by atoms with Crippen molar-refractivity contribution in [3.8, 4) is 0 Å². The number of nitrogens with zero attached hydrogens (tertiary/aromatic N) is 4. The minimum Gasteiger partial charge on any atom is -0.478 e. The summed E-state index contributed by atoms with van der Waals surface area (Å²) in [6, 6.07) is 13.0. The fourth-order valence-electron chi connectivity index (χ4n) is 4.73. The first-order valence-electron chi connectivity index (χ1n) is 10.7. The molecule has 1 aliphatic carbocycles. The van der Waals surface area contributed by atoms with Gasteiger partial charge in [-0.2, -0.15) is 4.99 Å². The van der Waals surface area contributed by atoms with Crippen LogP contribution in [0.3, 0.4) is 0 Å². The number of carboxylic acid groups (broad SMARTS) is 1. The van der Waals surface area contributed by atoms with Crippen molar-refractivity contribution in [3.05, 3.63) is 59.4 Å². The summed E-state index contributed by atoms with van der Waals surface area (Å²) >= 11 is 0. The van der Waals surface area contributed by atoms with E-state index in [-0.39, 0.29) is 11.5 Å². The highest BCUT2D eigenvalue weighted by Crippen LogP contribution is 2.39. The molecule has 0 bridgehead atoms. The molecular weight excluding hydrogens is 406 g/mol. The van der Waals surface area contributed by atoms with Crippen molar-refractivity contribution in [1.29, 1.82) is 0 Å². The minimum absolute atomic E-state index is 0.234. The molecule has 2 aliphatic rings. The van der Waals surface area contributed by atoms with Gasteiger partial charge >= 0.3 is 5.97 Å². The van der Waals surface area contributed by atoms with Crippen molar-refractivity contribution in [2.24, 2.45) is 21.5 Å². The number of fused-ring (bicyclic) bond motifs is 1. The maximum Gasteiger partial charge on any atom is 0.335 e. The second-order valence-electron chi connectivity index (χ2n) is 8.38. The molecule has 0 amide bonds. The molecule has 9 heteroatoms. The second-order valence-corrected chi connectivity index (χ2v) is 8.38. The topological polar surface area (TPSA) is 146 Å². The van der Waals surface area contributed by atoms with E-state index in [1.54, 1.807) is 18.2 Å². The zero-order valence-electron chi connectivity index (χ0n) is 17.6. The number of aromatic carboxylic acids is 1. The Kier molecular flexibility index (Phi) is 4.80. The van der Waals surface area contributed by atoms with E-state index in [9.17, 15) is 9.90 Å². The Bertz CT molecular complexity index is 1240. The molecule has 1 aliphatic heterocycles. The van der Waals surface area contributed by atoms with E-state index in [0.717, 1.165) is 48.3 Å². The highest BCUT2D eigenvalue weighted by atomic mass is 16.4. The number of aliphatic imine (C=N–C) groups is 2. The predicted octanol–water partition coefficient (Wildman–Crippen LogP) is 2.96. The van der Waals surface area contributed by atoms with E-state index in [2.05, 4.69) is 15.0 Å². The Labute approximate surface area is 184 Å². The van der Waals surface area contributed by atoms with Gasteiger partial charge in [0, 0.05) is 12.1 Å². The summed E-state index contributed by atoms with van der Waals surface area (Å²) < 4.78 is 0. The number of carbonyl (C=O) groups is 1. The lowest BCUT2D eigenvalue weighted by atomic mass is 9.87. The molecule has 2 aromatic carbocycles. The van der Waals surface area contributed by atoms with Gasteiger partial charge in [-0.25, -0.2) is 14.8 Å². The molecule has 6 N–H and O–H groups in total. The maximum atomic E-state index is 11.2. The number of hydrogen-bond acceptors (Lipinski definition) is 7. The first-order chi connectivity index (χ1) is 15.4. The van der Waals surface area contributed by atoms with Crippen molar-refractivity contribution < 1.29 is 9.90 Å². The van der Waals surface area contributed by atoms with Crippen molar-refractivity contribution >= 4 is 34.6 Å². The van der Waals surface area contributed by atoms with Crippen molar-refractivity contribution in [2.75, 3.05) is 4.90 Å². The van der Waals surface area contributed by atoms with E-state index in [1.807, 2.05) is 29.2 Å². The largest absolute Gasteiger partial charge is 0.478 e. The van der Waals surface area contributed by atoms with Crippen LogP contribution in [0.4, 0.5) is 5.69 Å². The summed E-state index contributed by atoms with van der Waals surface area (Å²) in [4.78, 5) is 29.9. The van der Waals surface area contributed by atoms with Gasteiger partial charge in [0.25, 0.3) is 0 Å². The summed E-state index contributed by atoms with van der Waals surface area (Å²) in [5.74, 6) is 0.434. The average Bonchev–Trinajstić information content (AvgIpc) is 3.16. The summed E-state index contributed by atoms with van der Waals surface area (Å²) in [6.45, 7) is 0. The third-order valence-electron chi connectivity index (χ3n) is 6.20. The summed E-state index contributed by atoms with van der Waals surface area (Å²) in [5, 5.41) is 9.17.